The molecule has 0 radical (unpaired) electrons. The Hall–Kier alpha value is -1.97. The summed E-state index contributed by atoms with van der Waals surface area (Å²) in [5.41, 5.74) is 2.07. The van der Waals surface area contributed by atoms with Gasteiger partial charge in [-0.3, -0.25) is 4.79 Å². The van der Waals surface area contributed by atoms with Crippen molar-refractivity contribution in [2.24, 2.45) is 22.7 Å². The molecule has 4 rings (SSSR count). The molecule has 0 aliphatic heterocycles. The van der Waals surface area contributed by atoms with Crippen LogP contribution in [-0.2, 0) is 14.9 Å². The Balaban J connectivity index is 1.87. The van der Waals surface area contributed by atoms with Crippen LogP contribution in [0.5, 0.6) is 11.5 Å². The molecule has 0 heterocycles. The van der Waals surface area contributed by atoms with Gasteiger partial charge < -0.3 is 14.9 Å². The van der Waals surface area contributed by atoms with E-state index in [-0.39, 0.29) is 40.8 Å². The van der Waals surface area contributed by atoms with E-state index in [2.05, 4.69) is 40.7 Å². The third-order valence-corrected chi connectivity index (χ3v) is 8.51. The fourth-order valence-electron chi connectivity index (χ4n) is 5.95. The number of phenolic OH excluding ortho intramolecular Hbond substituents is 2. The van der Waals surface area contributed by atoms with Gasteiger partial charge >= 0.3 is 5.97 Å². The second kappa shape index (κ2) is 9.59. The van der Waals surface area contributed by atoms with Gasteiger partial charge in [0.2, 0.25) is 0 Å². The monoisotopic (exact) mass is 470 g/mol. The number of hydrogen-bond donors (Lipinski definition) is 2. The molecule has 1 unspecified atom stereocenters. The first kappa shape index (κ1) is 26.6. The molecule has 0 saturated heterocycles. The highest BCUT2D eigenvalue weighted by Gasteiger charge is 2.56. The summed E-state index contributed by atoms with van der Waals surface area (Å²) in [6, 6.07) is 3.72. The van der Waals surface area contributed by atoms with Crippen LogP contribution in [-0.4, -0.2) is 22.8 Å². The highest BCUT2D eigenvalue weighted by atomic mass is 16.5. The molecule has 2 N–H and O–H groups in total. The van der Waals surface area contributed by atoms with Crippen molar-refractivity contribution in [1.29, 1.82) is 0 Å². The minimum Gasteiger partial charge on any atom is -0.507 e. The lowest BCUT2D eigenvalue weighted by molar-refractivity contribution is -0.152. The van der Waals surface area contributed by atoms with Crippen molar-refractivity contribution >= 4 is 5.97 Å². The van der Waals surface area contributed by atoms with Gasteiger partial charge in [-0.15, -0.1) is 0 Å². The Kier molecular flexibility index (Phi) is 7.51. The number of benzene rings is 1. The van der Waals surface area contributed by atoms with E-state index in [0.717, 1.165) is 30.4 Å². The number of carbonyl (C=O) groups is 1. The second-order valence-corrected chi connectivity index (χ2v) is 12.9. The molecule has 3 atom stereocenters. The lowest BCUT2D eigenvalue weighted by Gasteiger charge is -2.59. The van der Waals surface area contributed by atoms with Crippen molar-refractivity contribution in [3.8, 4) is 11.5 Å². The van der Waals surface area contributed by atoms with Crippen molar-refractivity contribution in [3.63, 3.8) is 0 Å². The summed E-state index contributed by atoms with van der Waals surface area (Å²) in [5.74, 6) is 0.747. The molecular weight excluding hydrogens is 424 g/mol. The number of hydrogen-bond acceptors (Lipinski definition) is 4. The number of aromatic hydroxyl groups is 2. The highest BCUT2D eigenvalue weighted by molar-refractivity contribution is 5.75. The maximum Gasteiger partial charge on any atom is 0.311 e. The van der Waals surface area contributed by atoms with Crippen LogP contribution >= 0.6 is 0 Å². The van der Waals surface area contributed by atoms with E-state index in [0.29, 0.717) is 17.4 Å². The SMILES string of the molecule is CCCCCCC(C)(C)c1cc(O)c([C@H]2C=C(COC(=O)C(C)(C)C)C3C[C@@H]2C3(C)C)c(O)c1. The molecule has 3 aliphatic rings. The first-order valence-corrected chi connectivity index (χ1v) is 13.1. The molecule has 4 nitrogen and oxygen atoms in total. The van der Waals surface area contributed by atoms with E-state index in [1.54, 1.807) is 0 Å². The van der Waals surface area contributed by atoms with Crippen LogP contribution in [0, 0.1) is 22.7 Å². The number of esters is 1. The van der Waals surface area contributed by atoms with E-state index in [9.17, 15) is 15.0 Å². The van der Waals surface area contributed by atoms with Gasteiger partial charge in [0.05, 0.1) is 5.41 Å². The van der Waals surface area contributed by atoms with Gasteiger partial charge in [0.25, 0.3) is 0 Å². The van der Waals surface area contributed by atoms with E-state index < -0.39 is 5.41 Å². The second-order valence-electron chi connectivity index (χ2n) is 12.9. The van der Waals surface area contributed by atoms with Gasteiger partial charge in [-0.05, 0) is 79.5 Å². The van der Waals surface area contributed by atoms with Crippen LogP contribution in [0.25, 0.3) is 0 Å². The van der Waals surface area contributed by atoms with E-state index in [1.807, 2.05) is 32.9 Å². The van der Waals surface area contributed by atoms with Gasteiger partial charge in [0.1, 0.15) is 18.1 Å². The smallest absolute Gasteiger partial charge is 0.311 e. The van der Waals surface area contributed by atoms with Crippen LogP contribution in [0.2, 0.25) is 0 Å². The van der Waals surface area contributed by atoms with Gasteiger partial charge in [-0.25, -0.2) is 0 Å². The largest absolute Gasteiger partial charge is 0.507 e. The van der Waals surface area contributed by atoms with E-state index in [1.165, 1.54) is 19.3 Å². The minimum absolute atomic E-state index is 0.0268. The Morgan fingerprint density at radius 3 is 2.21 bits per heavy atom. The third kappa shape index (κ3) is 5.16. The van der Waals surface area contributed by atoms with Crippen molar-refractivity contribution < 1.29 is 19.7 Å². The Morgan fingerprint density at radius 1 is 1.06 bits per heavy atom. The molecule has 34 heavy (non-hydrogen) atoms. The van der Waals surface area contributed by atoms with Crippen LogP contribution in [0.4, 0.5) is 0 Å². The first-order chi connectivity index (χ1) is 15.7. The lowest BCUT2D eigenvalue weighted by Crippen LogP contribution is -2.52. The van der Waals surface area contributed by atoms with Crippen LogP contribution < -0.4 is 0 Å². The summed E-state index contributed by atoms with van der Waals surface area (Å²) in [4.78, 5) is 12.4. The number of unbranched alkanes of at least 4 members (excludes halogenated alkanes) is 3. The Bertz CT molecular complexity index is 909. The number of fused-ring (bicyclic) bond motifs is 1. The summed E-state index contributed by atoms with van der Waals surface area (Å²) in [7, 11) is 0. The standard InChI is InChI=1S/C30H46O4/c1-9-10-11-12-13-29(5,6)20-15-24(31)26(25(32)16-20)21-14-19(18-34-27(33)28(2,3)4)22-17-23(21)30(22,7)8/h14-16,21-23,31-32H,9-13,17-18H2,1-8H3/t21-,22?,23-/m0/s1. The molecular formula is C30H46O4. The number of rotatable bonds is 9. The Labute approximate surface area is 206 Å². The lowest BCUT2D eigenvalue weighted by atomic mass is 9.45. The molecule has 3 aliphatic carbocycles. The number of allylic oxidation sites excluding steroid dienone is 1. The predicted molar refractivity (Wildman–Crippen MR) is 138 cm³/mol. The van der Waals surface area contributed by atoms with Gasteiger partial charge in [-0.1, -0.05) is 66.4 Å². The van der Waals surface area contributed by atoms with Crippen LogP contribution in [0.1, 0.15) is 111 Å². The van der Waals surface area contributed by atoms with Gasteiger partial charge in [0, 0.05) is 11.5 Å². The fraction of sp³-hybridized carbons (Fsp3) is 0.700. The number of ether oxygens (including phenoxy) is 1. The number of carbonyl (C=O) groups excluding carboxylic acids is 1. The molecule has 190 valence electrons. The van der Waals surface area contributed by atoms with Crippen molar-refractivity contribution in [2.45, 2.75) is 105 Å². The molecule has 4 heteroatoms. The van der Waals surface area contributed by atoms with Gasteiger partial charge in [-0.2, -0.15) is 0 Å². The maximum atomic E-state index is 12.4. The molecule has 1 saturated carbocycles. The maximum absolute atomic E-state index is 12.4. The summed E-state index contributed by atoms with van der Waals surface area (Å²) < 4.78 is 5.67. The zero-order chi connectivity index (χ0) is 25.5. The first-order valence-electron chi connectivity index (χ1n) is 13.1. The van der Waals surface area contributed by atoms with Crippen molar-refractivity contribution in [2.75, 3.05) is 6.61 Å². The quantitative estimate of drug-likeness (QED) is 0.221. The molecule has 1 aromatic rings. The summed E-state index contributed by atoms with van der Waals surface area (Å²) in [5, 5.41) is 22.3. The molecule has 2 bridgehead atoms. The Morgan fingerprint density at radius 2 is 1.68 bits per heavy atom. The molecule has 1 fully saturated rings. The zero-order valence-electron chi connectivity index (χ0n) is 22.6. The van der Waals surface area contributed by atoms with Gasteiger partial charge in [0.15, 0.2) is 0 Å². The summed E-state index contributed by atoms with van der Waals surface area (Å²) in [6.45, 7) is 16.9. The van der Waals surface area contributed by atoms with Crippen LogP contribution in [0.3, 0.4) is 0 Å². The van der Waals surface area contributed by atoms with E-state index in [4.69, 9.17) is 4.74 Å². The highest BCUT2D eigenvalue weighted by Crippen LogP contribution is 2.65. The molecule has 0 aromatic heterocycles. The molecule has 1 aromatic carbocycles. The predicted octanol–water partition coefficient (Wildman–Crippen LogP) is 7.62. The zero-order valence-corrected chi connectivity index (χ0v) is 22.6. The number of phenols is 2. The van der Waals surface area contributed by atoms with Crippen molar-refractivity contribution in [3.05, 3.63) is 34.9 Å². The molecule has 0 amide bonds. The van der Waals surface area contributed by atoms with Crippen molar-refractivity contribution in [1.82, 2.24) is 0 Å². The minimum atomic E-state index is -0.540. The third-order valence-electron chi connectivity index (χ3n) is 8.51. The average molecular weight is 471 g/mol. The molecule has 0 spiro atoms. The van der Waals surface area contributed by atoms with Crippen LogP contribution in [0.15, 0.2) is 23.8 Å². The van der Waals surface area contributed by atoms with E-state index >= 15 is 0 Å². The summed E-state index contributed by atoms with van der Waals surface area (Å²) >= 11 is 0. The fourth-order valence-corrected chi connectivity index (χ4v) is 5.95. The normalized spacial score (nSPS) is 23.8. The average Bonchev–Trinajstić information content (AvgIpc) is 2.73. The topological polar surface area (TPSA) is 66.8 Å². The summed E-state index contributed by atoms with van der Waals surface area (Å²) in [6.07, 6.45) is 8.96.